The summed E-state index contributed by atoms with van der Waals surface area (Å²) in [6.07, 6.45) is -7.64. The van der Waals surface area contributed by atoms with E-state index in [-0.39, 0.29) is 53.8 Å². The van der Waals surface area contributed by atoms with Crippen molar-refractivity contribution in [1.29, 1.82) is 0 Å². The number of carbonyl (C=O) groups is 8. The number of phenolic OH excluding ortho intramolecular Hbond substituents is 2. The standard InChI is InChI=1S/C43H51N3O18/c1-18(44-40(58)20(16-47)12-21(49)9-10-29(51)52)42(60)46-11-5-7-25(46)41(59)45-24-13-30(63-19(2)35(24)53)64-27-15-43(61,28(50)17-48)14-23-32(27)39(57)34-33(37(23)55)36(54)22-6-4-8-26(62-3)31(22)38(34)56/h4,6,8,18-20,24-25,27,30,35,47-48,53,55,57,61H,5,7,9-17H2,1-3H3,(H,44,58)(H,45,59)(H,51,52)/t18-,19?,20+,24?,25+,27?,30?,35?,43+/m1/s1. The molecule has 4 aliphatic rings. The lowest BCUT2D eigenvalue weighted by Gasteiger charge is -2.43. The second kappa shape index (κ2) is 19.1. The molecule has 2 aliphatic carbocycles. The maximum Gasteiger partial charge on any atom is 0.303 e. The van der Waals surface area contributed by atoms with Crippen molar-refractivity contribution in [3.63, 3.8) is 0 Å². The van der Waals surface area contributed by atoms with Crippen LogP contribution in [0.2, 0.25) is 0 Å². The van der Waals surface area contributed by atoms with Crippen molar-refractivity contribution in [2.75, 3.05) is 26.9 Å². The van der Waals surface area contributed by atoms with Gasteiger partial charge in [-0.15, -0.1) is 0 Å². The van der Waals surface area contributed by atoms with Crippen LogP contribution in [0.15, 0.2) is 18.2 Å². The molecule has 21 nitrogen and oxygen atoms in total. The highest BCUT2D eigenvalue weighted by atomic mass is 16.7. The zero-order valence-corrected chi connectivity index (χ0v) is 35.2. The number of hydrogen-bond donors (Lipinski definition) is 9. The predicted octanol–water partition coefficient (Wildman–Crippen LogP) is -0.913. The highest BCUT2D eigenvalue weighted by molar-refractivity contribution is 6.31. The second-order valence-corrected chi connectivity index (χ2v) is 16.5. The number of rotatable bonds is 16. The number of nitrogens with zero attached hydrogens (tertiary/aromatic N) is 1. The summed E-state index contributed by atoms with van der Waals surface area (Å²) in [4.78, 5) is 105. The molecule has 6 rings (SSSR count). The number of amides is 3. The smallest absolute Gasteiger partial charge is 0.303 e. The van der Waals surface area contributed by atoms with Crippen molar-refractivity contribution in [2.24, 2.45) is 5.92 Å². The number of likely N-dealkylation sites (tertiary alicyclic amines) is 1. The van der Waals surface area contributed by atoms with Gasteiger partial charge in [0.05, 0.1) is 61.0 Å². The number of hydrogen-bond acceptors (Lipinski definition) is 17. The molecule has 0 aromatic heterocycles. The minimum Gasteiger partial charge on any atom is -0.507 e. The number of aliphatic carboxylic acids is 1. The van der Waals surface area contributed by atoms with Crippen molar-refractivity contribution in [1.82, 2.24) is 15.5 Å². The topological polar surface area (TPSA) is 333 Å². The Morgan fingerprint density at radius 2 is 1.72 bits per heavy atom. The van der Waals surface area contributed by atoms with Crippen molar-refractivity contribution >= 4 is 46.8 Å². The van der Waals surface area contributed by atoms with Crippen molar-refractivity contribution in [3.8, 4) is 17.2 Å². The van der Waals surface area contributed by atoms with Gasteiger partial charge in [-0.25, -0.2) is 0 Å². The lowest BCUT2D eigenvalue weighted by atomic mass is 9.72. The minimum absolute atomic E-state index is 0.0182. The first-order valence-corrected chi connectivity index (χ1v) is 20.7. The molecule has 5 unspecified atom stereocenters. The number of carboxylic acid groups (broad SMARTS) is 1. The molecular weight excluding hydrogens is 846 g/mol. The monoisotopic (exact) mass is 897 g/mol. The molecule has 2 saturated heterocycles. The van der Waals surface area contributed by atoms with Crippen LogP contribution in [0.1, 0.15) is 108 Å². The van der Waals surface area contributed by atoms with Gasteiger partial charge in [-0.05, 0) is 32.8 Å². The first-order chi connectivity index (χ1) is 30.3. The Balaban J connectivity index is 1.21. The number of benzene rings is 2. The molecular formula is C43H51N3O18. The van der Waals surface area contributed by atoms with Gasteiger partial charge in [0.25, 0.3) is 0 Å². The zero-order valence-electron chi connectivity index (χ0n) is 35.2. The molecule has 2 fully saturated rings. The Morgan fingerprint density at radius 3 is 2.38 bits per heavy atom. The molecule has 2 aromatic rings. The van der Waals surface area contributed by atoms with Crippen LogP contribution in [-0.2, 0) is 44.7 Å². The lowest BCUT2D eigenvalue weighted by molar-refractivity contribution is -0.249. The van der Waals surface area contributed by atoms with Crippen LogP contribution in [0.3, 0.4) is 0 Å². The van der Waals surface area contributed by atoms with E-state index in [0.717, 1.165) is 0 Å². The Morgan fingerprint density at radius 1 is 1.02 bits per heavy atom. The molecule has 0 radical (unpaired) electrons. The van der Waals surface area contributed by atoms with Gasteiger partial charge in [0.2, 0.25) is 23.5 Å². The SMILES string of the molecule is COc1cccc2c1C(=O)c1c(O)c3c(c(O)c1C2=O)C[C@@](O)(C(=O)CO)CC3OC1CC(NC(=O)[C@@H]2CCCN2C(=O)[C@@H](C)NC(=O)[C@H](CO)CC(=O)CCC(=O)O)C(O)C(C)O1. The van der Waals surface area contributed by atoms with Crippen LogP contribution in [0.25, 0.3) is 0 Å². The molecule has 0 saturated carbocycles. The minimum atomic E-state index is -2.42. The van der Waals surface area contributed by atoms with Crippen LogP contribution in [0.5, 0.6) is 17.2 Å². The van der Waals surface area contributed by atoms with Gasteiger partial charge in [0.1, 0.15) is 53.4 Å². The average molecular weight is 898 g/mol. The summed E-state index contributed by atoms with van der Waals surface area (Å²) in [7, 11) is 1.28. The van der Waals surface area contributed by atoms with Crippen LogP contribution in [-0.4, -0.2) is 157 Å². The summed E-state index contributed by atoms with van der Waals surface area (Å²) in [5.41, 5.74) is -4.46. The van der Waals surface area contributed by atoms with Gasteiger partial charge in [-0.1, -0.05) is 12.1 Å². The molecule has 3 amide bonds. The van der Waals surface area contributed by atoms with Crippen LogP contribution >= 0.6 is 0 Å². The Bertz CT molecular complexity index is 2260. The van der Waals surface area contributed by atoms with Gasteiger partial charge >= 0.3 is 5.97 Å². The van der Waals surface area contributed by atoms with Crippen LogP contribution in [0.4, 0.5) is 0 Å². The molecule has 9 N–H and O–H groups in total. The van der Waals surface area contributed by atoms with Crippen LogP contribution < -0.4 is 15.4 Å². The molecule has 9 atom stereocenters. The summed E-state index contributed by atoms with van der Waals surface area (Å²) in [5, 5.41) is 79.9. The maximum atomic E-state index is 14.0. The first-order valence-electron chi connectivity index (χ1n) is 20.7. The van der Waals surface area contributed by atoms with E-state index in [4.69, 9.17) is 19.3 Å². The Labute approximate surface area is 365 Å². The third kappa shape index (κ3) is 9.08. The highest BCUT2D eigenvalue weighted by Gasteiger charge is 2.51. The summed E-state index contributed by atoms with van der Waals surface area (Å²) >= 11 is 0. The van der Waals surface area contributed by atoms with E-state index in [2.05, 4.69) is 10.6 Å². The third-order valence-corrected chi connectivity index (χ3v) is 12.3. The van der Waals surface area contributed by atoms with Gasteiger partial charge in [0.15, 0.2) is 17.9 Å². The molecule has 21 heteroatoms. The summed E-state index contributed by atoms with van der Waals surface area (Å²) in [6.45, 7) is 1.06. The third-order valence-electron chi connectivity index (χ3n) is 12.3. The number of aliphatic hydroxyl groups excluding tert-OH is 3. The fourth-order valence-electron chi connectivity index (χ4n) is 8.95. The number of ether oxygens (including phenoxy) is 3. The summed E-state index contributed by atoms with van der Waals surface area (Å²) in [5.74, 6) is -9.58. The van der Waals surface area contributed by atoms with Crippen molar-refractivity contribution in [2.45, 2.75) is 114 Å². The van der Waals surface area contributed by atoms with E-state index in [1.165, 1.54) is 44.1 Å². The maximum absolute atomic E-state index is 14.0. The molecule has 0 spiro atoms. The van der Waals surface area contributed by atoms with Gasteiger partial charge in [-0.2, -0.15) is 0 Å². The zero-order chi connectivity index (χ0) is 46.9. The number of carboxylic acids is 1. The normalized spacial score (nSPS) is 25.9. The number of fused-ring (bicyclic) bond motifs is 3. The van der Waals surface area contributed by atoms with E-state index in [9.17, 15) is 69.0 Å². The number of aromatic hydroxyl groups is 2. The quantitative estimate of drug-likeness (QED) is 0.0786. The number of aliphatic hydroxyl groups is 4. The molecule has 0 bridgehead atoms. The Kier molecular flexibility index (Phi) is 14.2. The fourth-order valence-corrected chi connectivity index (χ4v) is 8.95. The highest BCUT2D eigenvalue weighted by Crippen LogP contribution is 2.52. The van der Waals surface area contributed by atoms with Gasteiger partial charge < -0.3 is 65.5 Å². The van der Waals surface area contributed by atoms with Crippen LogP contribution in [0, 0.1) is 5.92 Å². The number of nitrogens with one attached hydrogen (secondary N) is 2. The largest absolute Gasteiger partial charge is 0.507 e. The molecule has 2 aliphatic heterocycles. The molecule has 346 valence electrons. The van der Waals surface area contributed by atoms with Gasteiger partial charge in [-0.3, -0.25) is 38.4 Å². The van der Waals surface area contributed by atoms with E-state index in [1.54, 1.807) is 0 Å². The number of phenols is 2. The predicted molar refractivity (Wildman–Crippen MR) is 215 cm³/mol. The second-order valence-electron chi connectivity index (χ2n) is 16.5. The van der Waals surface area contributed by atoms with Crippen molar-refractivity contribution in [3.05, 3.63) is 51.6 Å². The Hall–Kier alpha value is -5.84. The van der Waals surface area contributed by atoms with E-state index in [1.807, 2.05) is 0 Å². The van der Waals surface area contributed by atoms with Crippen molar-refractivity contribution < 1.29 is 88.3 Å². The number of ketones is 4. The fraction of sp³-hybridized carbons (Fsp3) is 0.535. The molecule has 2 heterocycles. The summed E-state index contributed by atoms with van der Waals surface area (Å²) < 4.78 is 17.5. The number of methoxy groups -OCH3 is 1. The number of carbonyl (C=O) groups excluding carboxylic acids is 7. The average Bonchev–Trinajstić information content (AvgIpc) is 3.76. The number of Topliss-reactive ketones (excluding diaryl/α,β-unsaturated/α-hetero) is 2. The molecule has 64 heavy (non-hydrogen) atoms. The first kappa shape index (κ1) is 47.6. The lowest BCUT2D eigenvalue weighted by Crippen LogP contribution is -2.59. The van der Waals surface area contributed by atoms with Gasteiger partial charge in [0, 0.05) is 55.3 Å². The summed E-state index contributed by atoms with van der Waals surface area (Å²) in [6, 6.07) is 0.825. The van der Waals surface area contributed by atoms with E-state index >= 15 is 0 Å². The molecule has 2 aromatic carbocycles. The van der Waals surface area contributed by atoms with E-state index in [0.29, 0.717) is 6.42 Å². The van der Waals surface area contributed by atoms with E-state index < -0.39 is 163 Å².